The molecule has 0 bridgehead atoms. The second-order valence-electron chi connectivity index (χ2n) is 5.03. The Morgan fingerprint density at radius 1 is 1.09 bits per heavy atom. The Bertz CT molecular complexity index is 745. The minimum Gasteiger partial charge on any atom is -0.495 e. The Labute approximate surface area is 139 Å². The summed E-state index contributed by atoms with van der Waals surface area (Å²) in [7, 11) is -2.28. The minimum atomic E-state index is -3.74. The molecule has 0 amide bonds. The van der Waals surface area contributed by atoms with E-state index in [1.54, 1.807) is 30.3 Å². The zero-order valence-corrected chi connectivity index (χ0v) is 15.1. The zero-order valence-electron chi connectivity index (χ0n) is 12.7. The Morgan fingerprint density at radius 2 is 1.73 bits per heavy atom. The van der Waals surface area contributed by atoms with Gasteiger partial charge >= 0.3 is 0 Å². The molecule has 0 aromatic heterocycles. The van der Waals surface area contributed by atoms with Gasteiger partial charge in [0.05, 0.1) is 12.8 Å². The van der Waals surface area contributed by atoms with Gasteiger partial charge in [-0.25, -0.2) is 8.42 Å². The maximum Gasteiger partial charge on any atom is 0.268 e. The van der Waals surface area contributed by atoms with Crippen molar-refractivity contribution < 1.29 is 13.2 Å². The molecule has 2 rings (SSSR count). The highest BCUT2D eigenvalue weighted by molar-refractivity contribution is 9.10. The Balaban J connectivity index is 2.63. The van der Waals surface area contributed by atoms with Crippen molar-refractivity contribution >= 4 is 31.6 Å². The van der Waals surface area contributed by atoms with E-state index in [0.717, 1.165) is 0 Å². The van der Waals surface area contributed by atoms with E-state index in [4.69, 9.17) is 4.74 Å². The average Bonchev–Trinajstić information content (AvgIpc) is 2.47. The summed E-state index contributed by atoms with van der Waals surface area (Å²) in [6, 6.07) is 13.8. The van der Waals surface area contributed by atoms with Crippen LogP contribution in [0.25, 0.3) is 0 Å². The van der Waals surface area contributed by atoms with Crippen molar-refractivity contribution in [2.75, 3.05) is 11.4 Å². The van der Waals surface area contributed by atoms with Crippen LogP contribution in [0.15, 0.2) is 57.9 Å². The number of halogens is 1. The molecule has 2 aromatic rings. The molecule has 0 fully saturated rings. The summed E-state index contributed by atoms with van der Waals surface area (Å²) in [5.41, 5.74) is 0.625. The van der Waals surface area contributed by atoms with E-state index in [1.807, 2.05) is 32.0 Å². The van der Waals surface area contributed by atoms with Gasteiger partial charge in [-0.1, -0.05) is 34.1 Å². The summed E-state index contributed by atoms with van der Waals surface area (Å²) in [6.45, 7) is 3.68. The smallest absolute Gasteiger partial charge is 0.268 e. The maximum absolute atomic E-state index is 13.1. The molecule has 0 atom stereocenters. The number of hydrogen-bond acceptors (Lipinski definition) is 3. The number of para-hydroxylation sites is 1. The second kappa shape index (κ2) is 6.71. The monoisotopic (exact) mass is 383 g/mol. The lowest BCUT2D eigenvalue weighted by Gasteiger charge is -2.29. The quantitative estimate of drug-likeness (QED) is 0.781. The van der Waals surface area contributed by atoms with Crippen molar-refractivity contribution in [2.45, 2.75) is 24.8 Å². The lowest BCUT2D eigenvalue weighted by molar-refractivity contribution is 0.402. The summed E-state index contributed by atoms with van der Waals surface area (Å²) in [5.74, 6) is 0.324. The van der Waals surface area contributed by atoms with Gasteiger partial charge in [-0.3, -0.25) is 4.31 Å². The molecule has 0 saturated carbocycles. The van der Waals surface area contributed by atoms with Gasteiger partial charge in [0.2, 0.25) is 0 Å². The fraction of sp³-hybridized carbons (Fsp3) is 0.250. The van der Waals surface area contributed by atoms with E-state index in [9.17, 15) is 8.42 Å². The van der Waals surface area contributed by atoms with E-state index in [2.05, 4.69) is 15.9 Å². The molecule has 4 nitrogen and oxygen atoms in total. The second-order valence-corrected chi connectivity index (χ2v) is 7.72. The molecule has 0 aliphatic carbocycles. The van der Waals surface area contributed by atoms with Gasteiger partial charge in [-0.05, 0) is 44.2 Å². The number of rotatable bonds is 5. The molecular weight excluding hydrogens is 366 g/mol. The molecule has 0 aliphatic heterocycles. The maximum atomic E-state index is 13.1. The fourth-order valence-corrected chi connectivity index (χ4v) is 4.61. The topological polar surface area (TPSA) is 46.6 Å². The first kappa shape index (κ1) is 16.8. The Hall–Kier alpha value is -1.53. The van der Waals surface area contributed by atoms with Crippen LogP contribution in [0.2, 0.25) is 0 Å². The number of methoxy groups -OCH3 is 1. The van der Waals surface area contributed by atoms with Crippen molar-refractivity contribution in [1.82, 2.24) is 0 Å². The molecular formula is C16H18BrNO3S. The van der Waals surface area contributed by atoms with Gasteiger partial charge in [0.25, 0.3) is 10.0 Å². The number of benzene rings is 2. The molecule has 0 heterocycles. The van der Waals surface area contributed by atoms with Crippen LogP contribution in [-0.2, 0) is 10.0 Å². The van der Waals surface area contributed by atoms with E-state index in [1.165, 1.54) is 11.4 Å². The predicted octanol–water partition coefficient (Wildman–Crippen LogP) is 4.06. The highest BCUT2D eigenvalue weighted by Crippen LogP contribution is 2.33. The number of anilines is 1. The molecule has 2 aromatic carbocycles. The number of nitrogens with zero attached hydrogens (tertiary/aromatic N) is 1. The lowest BCUT2D eigenvalue weighted by atomic mass is 10.3. The normalized spacial score (nSPS) is 11.5. The summed E-state index contributed by atoms with van der Waals surface area (Å²) < 4.78 is 33.6. The van der Waals surface area contributed by atoms with Crippen molar-refractivity contribution in [1.29, 1.82) is 0 Å². The van der Waals surface area contributed by atoms with E-state index in [0.29, 0.717) is 15.9 Å². The van der Waals surface area contributed by atoms with Crippen molar-refractivity contribution in [3.63, 3.8) is 0 Å². The summed E-state index contributed by atoms with van der Waals surface area (Å²) >= 11 is 3.32. The first-order chi connectivity index (χ1) is 10.4. The SMILES string of the molecule is COc1ccc(Br)cc1S(=O)(=O)N(c1ccccc1)C(C)C. The van der Waals surface area contributed by atoms with Crippen LogP contribution in [0.3, 0.4) is 0 Å². The van der Waals surface area contributed by atoms with Crippen LogP contribution in [0.5, 0.6) is 5.75 Å². The molecule has 0 saturated heterocycles. The Kier molecular flexibility index (Phi) is 5.13. The molecule has 0 spiro atoms. The van der Waals surface area contributed by atoms with Gasteiger partial charge in [0.1, 0.15) is 10.6 Å². The lowest BCUT2D eigenvalue weighted by Crippen LogP contribution is -2.37. The van der Waals surface area contributed by atoms with Crippen LogP contribution >= 0.6 is 15.9 Å². The molecule has 0 radical (unpaired) electrons. The van der Waals surface area contributed by atoms with Crippen LogP contribution in [-0.4, -0.2) is 21.6 Å². The van der Waals surface area contributed by atoms with Gasteiger partial charge in [-0.2, -0.15) is 0 Å². The number of ether oxygens (including phenoxy) is 1. The summed E-state index contributed by atoms with van der Waals surface area (Å²) in [6.07, 6.45) is 0. The molecule has 0 unspecified atom stereocenters. The van der Waals surface area contributed by atoms with Crippen LogP contribution in [0.1, 0.15) is 13.8 Å². The highest BCUT2D eigenvalue weighted by atomic mass is 79.9. The van der Waals surface area contributed by atoms with Crippen molar-refractivity contribution in [3.8, 4) is 5.75 Å². The third-order valence-electron chi connectivity index (χ3n) is 3.14. The fourth-order valence-electron chi connectivity index (χ4n) is 2.25. The predicted molar refractivity (Wildman–Crippen MR) is 91.9 cm³/mol. The first-order valence-corrected chi connectivity index (χ1v) is 9.04. The van der Waals surface area contributed by atoms with Crippen LogP contribution in [0, 0.1) is 0 Å². The van der Waals surface area contributed by atoms with E-state index in [-0.39, 0.29) is 10.9 Å². The van der Waals surface area contributed by atoms with Crippen LogP contribution in [0.4, 0.5) is 5.69 Å². The molecule has 0 N–H and O–H groups in total. The number of sulfonamides is 1. The van der Waals surface area contributed by atoms with E-state index >= 15 is 0 Å². The van der Waals surface area contributed by atoms with E-state index < -0.39 is 10.0 Å². The molecule has 6 heteroatoms. The highest BCUT2D eigenvalue weighted by Gasteiger charge is 2.30. The Morgan fingerprint density at radius 3 is 2.27 bits per heavy atom. The summed E-state index contributed by atoms with van der Waals surface area (Å²) in [5, 5.41) is 0. The van der Waals surface area contributed by atoms with Gasteiger partial charge in [0, 0.05) is 10.5 Å². The zero-order chi connectivity index (χ0) is 16.3. The summed E-state index contributed by atoms with van der Waals surface area (Å²) in [4.78, 5) is 0.141. The third kappa shape index (κ3) is 3.28. The molecule has 22 heavy (non-hydrogen) atoms. The number of hydrogen-bond donors (Lipinski definition) is 0. The van der Waals surface area contributed by atoms with Crippen LogP contribution < -0.4 is 9.04 Å². The average molecular weight is 384 g/mol. The largest absolute Gasteiger partial charge is 0.495 e. The first-order valence-electron chi connectivity index (χ1n) is 6.81. The van der Waals surface area contributed by atoms with Crippen molar-refractivity contribution in [2.24, 2.45) is 0 Å². The van der Waals surface area contributed by atoms with Gasteiger partial charge in [-0.15, -0.1) is 0 Å². The van der Waals surface area contributed by atoms with Gasteiger partial charge in [0.15, 0.2) is 0 Å². The molecule has 118 valence electrons. The van der Waals surface area contributed by atoms with Gasteiger partial charge < -0.3 is 4.74 Å². The third-order valence-corrected chi connectivity index (χ3v) is 5.66. The standard InChI is InChI=1S/C16H18BrNO3S/c1-12(2)18(14-7-5-4-6-8-14)22(19,20)16-11-13(17)9-10-15(16)21-3/h4-12H,1-3H3. The molecule has 0 aliphatic rings. The minimum absolute atomic E-state index is 0.141. The van der Waals surface area contributed by atoms with Crippen molar-refractivity contribution in [3.05, 3.63) is 53.0 Å².